The second-order valence-corrected chi connectivity index (χ2v) is 4.12. The van der Waals surface area contributed by atoms with E-state index in [4.69, 9.17) is 5.11 Å². The molecule has 0 spiro atoms. The first-order valence-electron chi connectivity index (χ1n) is 5.31. The fraction of sp³-hybridized carbons (Fsp3) is 0.417. The Morgan fingerprint density at radius 3 is 2.22 bits per heavy atom. The van der Waals surface area contributed by atoms with E-state index < -0.39 is 23.8 Å². The molecular formula is C12H14F3NO2. The predicted molar refractivity (Wildman–Crippen MR) is 60.0 cm³/mol. The smallest absolute Gasteiger partial charge is 0.416 e. The van der Waals surface area contributed by atoms with Crippen LogP contribution >= 0.6 is 0 Å². The average molecular weight is 261 g/mol. The zero-order valence-electron chi connectivity index (χ0n) is 10.0. The third-order valence-corrected chi connectivity index (χ3v) is 2.73. The Balaban J connectivity index is 2.73. The van der Waals surface area contributed by atoms with Crippen molar-refractivity contribution >= 4 is 5.97 Å². The van der Waals surface area contributed by atoms with E-state index in [9.17, 15) is 18.0 Å². The molecule has 0 bridgehead atoms. The number of halogens is 3. The van der Waals surface area contributed by atoms with Gasteiger partial charge in [-0.05, 0) is 31.7 Å². The van der Waals surface area contributed by atoms with Crippen LogP contribution in [0, 0.1) is 0 Å². The number of likely N-dealkylation sites (N-methyl/N-ethyl adjacent to an activating group) is 1. The van der Waals surface area contributed by atoms with Crippen LogP contribution in [0.1, 0.15) is 18.1 Å². The van der Waals surface area contributed by atoms with Crippen molar-refractivity contribution in [2.75, 3.05) is 7.05 Å². The molecule has 1 aromatic rings. The lowest BCUT2D eigenvalue weighted by molar-refractivity contribution is -0.142. The predicted octanol–water partition coefficient (Wildman–Crippen LogP) is 2.61. The van der Waals surface area contributed by atoms with Gasteiger partial charge in [-0.2, -0.15) is 13.2 Å². The van der Waals surface area contributed by atoms with E-state index in [1.54, 1.807) is 11.9 Å². The van der Waals surface area contributed by atoms with Gasteiger partial charge in [-0.1, -0.05) is 12.1 Å². The van der Waals surface area contributed by atoms with Crippen LogP contribution in [0.3, 0.4) is 0 Å². The Bertz CT molecular complexity index is 414. The van der Waals surface area contributed by atoms with Gasteiger partial charge in [0, 0.05) is 6.54 Å². The molecule has 1 N–H and O–H groups in total. The van der Waals surface area contributed by atoms with Crippen LogP contribution in [0.5, 0.6) is 0 Å². The molecule has 3 nitrogen and oxygen atoms in total. The fourth-order valence-corrected chi connectivity index (χ4v) is 1.41. The SMILES string of the molecule is C[C@@H](C(=O)O)N(C)Cc1ccc(C(F)(F)F)cc1. The number of hydrogen-bond acceptors (Lipinski definition) is 2. The molecule has 0 heterocycles. The number of rotatable bonds is 4. The Labute approximate surface area is 103 Å². The van der Waals surface area contributed by atoms with Crippen molar-refractivity contribution in [1.82, 2.24) is 4.90 Å². The normalized spacial score (nSPS) is 13.7. The monoisotopic (exact) mass is 261 g/mol. The molecular weight excluding hydrogens is 247 g/mol. The molecule has 0 saturated carbocycles. The zero-order valence-corrected chi connectivity index (χ0v) is 10.0. The van der Waals surface area contributed by atoms with Gasteiger partial charge in [0.05, 0.1) is 5.56 Å². The maximum atomic E-state index is 12.3. The molecule has 0 unspecified atom stereocenters. The molecule has 0 saturated heterocycles. The summed E-state index contributed by atoms with van der Waals surface area (Å²) in [7, 11) is 1.61. The van der Waals surface area contributed by atoms with Gasteiger partial charge in [-0.3, -0.25) is 9.69 Å². The van der Waals surface area contributed by atoms with E-state index in [0.29, 0.717) is 5.56 Å². The molecule has 100 valence electrons. The number of carboxylic acids is 1. The summed E-state index contributed by atoms with van der Waals surface area (Å²) >= 11 is 0. The van der Waals surface area contributed by atoms with Crippen LogP contribution < -0.4 is 0 Å². The molecule has 0 aromatic heterocycles. The average Bonchev–Trinajstić information content (AvgIpc) is 2.27. The summed E-state index contributed by atoms with van der Waals surface area (Å²) in [5, 5.41) is 8.79. The molecule has 0 aliphatic heterocycles. The highest BCUT2D eigenvalue weighted by Crippen LogP contribution is 2.29. The first-order chi connectivity index (χ1) is 8.21. The van der Waals surface area contributed by atoms with E-state index in [2.05, 4.69) is 0 Å². The van der Waals surface area contributed by atoms with Gasteiger partial charge in [-0.25, -0.2) is 0 Å². The van der Waals surface area contributed by atoms with Crippen molar-refractivity contribution in [3.05, 3.63) is 35.4 Å². The summed E-state index contributed by atoms with van der Waals surface area (Å²) in [6.45, 7) is 1.80. The molecule has 0 fully saturated rings. The van der Waals surface area contributed by atoms with Gasteiger partial charge in [-0.15, -0.1) is 0 Å². The third-order valence-electron chi connectivity index (χ3n) is 2.73. The third kappa shape index (κ3) is 3.73. The maximum Gasteiger partial charge on any atom is 0.416 e. The lowest BCUT2D eigenvalue weighted by atomic mass is 10.1. The number of hydrogen-bond donors (Lipinski definition) is 1. The summed E-state index contributed by atoms with van der Waals surface area (Å²) in [5.41, 5.74) is -0.0706. The van der Waals surface area contributed by atoms with Crippen LogP contribution in [0.15, 0.2) is 24.3 Å². The minimum absolute atomic E-state index is 0.283. The second-order valence-electron chi connectivity index (χ2n) is 4.12. The molecule has 0 amide bonds. The molecule has 6 heteroatoms. The topological polar surface area (TPSA) is 40.5 Å². The second kappa shape index (κ2) is 5.39. The first-order valence-corrected chi connectivity index (χ1v) is 5.31. The Hall–Kier alpha value is -1.56. The lowest BCUT2D eigenvalue weighted by Gasteiger charge is -2.21. The van der Waals surface area contributed by atoms with Crippen molar-refractivity contribution in [3.8, 4) is 0 Å². The van der Waals surface area contributed by atoms with Crippen molar-refractivity contribution in [2.24, 2.45) is 0 Å². The molecule has 1 aromatic carbocycles. The molecule has 1 rings (SSSR count). The Kier molecular flexibility index (Phi) is 4.34. The number of aliphatic carboxylic acids is 1. The van der Waals surface area contributed by atoms with E-state index in [0.717, 1.165) is 12.1 Å². The molecule has 0 radical (unpaired) electrons. The van der Waals surface area contributed by atoms with Gasteiger partial charge in [0.2, 0.25) is 0 Å². The number of carbonyl (C=O) groups is 1. The minimum Gasteiger partial charge on any atom is -0.480 e. The fourth-order valence-electron chi connectivity index (χ4n) is 1.41. The van der Waals surface area contributed by atoms with Crippen molar-refractivity contribution in [1.29, 1.82) is 0 Å². The van der Waals surface area contributed by atoms with Gasteiger partial charge in [0.25, 0.3) is 0 Å². The number of carboxylic acid groups (broad SMARTS) is 1. The first kappa shape index (κ1) is 14.5. The minimum atomic E-state index is -4.35. The Morgan fingerprint density at radius 1 is 1.33 bits per heavy atom. The zero-order chi connectivity index (χ0) is 13.9. The van der Waals surface area contributed by atoms with E-state index in [1.165, 1.54) is 19.1 Å². The number of nitrogens with zero attached hydrogens (tertiary/aromatic N) is 1. The van der Waals surface area contributed by atoms with E-state index >= 15 is 0 Å². The lowest BCUT2D eigenvalue weighted by Crippen LogP contribution is -2.35. The van der Waals surface area contributed by atoms with Crippen LogP contribution in [0.2, 0.25) is 0 Å². The van der Waals surface area contributed by atoms with Gasteiger partial charge in [0.1, 0.15) is 6.04 Å². The highest BCUT2D eigenvalue weighted by atomic mass is 19.4. The summed E-state index contributed by atoms with van der Waals surface area (Å²) in [4.78, 5) is 12.3. The highest BCUT2D eigenvalue weighted by Gasteiger charge is 2.30. The highest BCUT2D eigenvalue weighted by molar-refractivity contribution is 5.72. The number of alkyl halides is 3. The van der Waals surface area contributed by atoms with Crippen molar-refractivity contribution in [2.45, 2.75) is 25.7 Å². The van der Waals surface area contributed by atoms with Crippen LogP contribution in [-0.4, -0.2) is 29.1 Å². The van der Waals surface area contributed by atoms with E-state index in [-0.39, 0.29) is 6.54 Å². The summed E-state index contributed by atoms with van der Waals surface area (Å²) in [6.07, 6.45) is -4.35. The maximum absolute atomic E-state index is 12.3. The molecule has 1 atom stereocenters. The van der Waals surface area contributed by atoms with Crippen molar-refractivity contribution in [3.63, 3.8) is 0 Å². The molecule has 18 heavy (non-hydrogen) atoms. The summed E-state index contributed by atoms with van der Waals surface area (Å²) in [6, 6.07) is 4.01. The molecule has 0 aliphatic carbocycles. The van der Waals surface area contributed by atoms with Crippen molar-refractivity contribution < 1.29 is 23.1 Å². The standard InChI is InChI=1S/C12H14F3NO2/c1-8(11(17)18)16(2)7-9-3-5-10(6-4-9)12(13,14)15/h3-6,8H,7H2,1-2H3,(H,17,18)/t8-/m0/s1. The van der Waals surface area contributed by atoms with Crippen LogP contribution in [0.25, 0.3) is 0 Å². The Morgan fingerprint density at radius 2 is 1.83 bits per heavy atom. The van der Waals surface area contributed by atoms with Gasteiger partial charge < -0.3 is 5.11 Å². The van der Waals surface area contributed by atoms with E-state index in [1.807, 2.05) is 0 Å². The van der Waals surface area contributed by atoms with Crippen LogP contribution in [0.4, 0.5) is 13.2 Å². The number of benzene rings is 1. The molecule has 0 aliphatic rings. The van der Waals surface area contributed by atoms with Gasteiger partial charge >= 0.3 is 12.1 Å². The van der Waals surface area contributed by atoms with Crippen LogP contribution in [-0.2, 0) is 17.5 Å². The quantitative estimate of drug-likeness (QED) is 0.905. The van der Waals surface area contributed by atoms with Gasteiger partial charge in [0.15, 0.2) is 0 Å². The summed E-state index contributed by atoms with van der Waals surface area (Å²) in [5.74, 6) is -0.968. The largest absolute Gasteiger partial charge is 0.480 e. The summed E-state index contributed by atoms with van der Waals surface area (Å²) < 4.78 is 37.0.